The molecular formula is C48H58N4O12. The number of esters is 2. The summed E-state index contributed by atoms with van der Waals surface area (Å²) in [7, 11) is 0. The van der Waals surface area contributed by atoms with Gasteiger partial charge in [0.15, 0.2) is 11.5 Å². The Morgan fingerprint density at radius 1 is 0.547 bits per heavy atom. The fraction of sp³-hybridized carbons (Fsp3) is 0.500. The molecule has 0 aliphatic carbocycles. The molecule has 64 heavy (non-hydrogen) atoms. The van der Waals surface area contributed by atoms with Crippen LogP contribution in [-0.2, 0) is 9.47 Å². The highest BCUT2D eigenvalue weighted by Gasteiger charge is 2.49. The van der Waals surface area contributed by atoms with Crippen LogP contribution in [0.2, 0.25) is 0 Å². The van der Waals surface area contributed by atoms with Crippen molar-refractivity contribution in [3.05, 3.63) is 94.0 Å². The summed E-state index contributed by atoms with van der Waals surface area (Å²) in [5.74, 6) is -2.88. The number of aliphatic hydroxyl groups is 2. The Hall–Kier alpha value is -5.68. The van der Waals surface area contributed by atoms with Crippen molar-refractivity contribution in [1.82, 2.24) is 20.4 Å². The minimum atomic E-state index is -1.26. The van der Waals surface area contributed by atoms with E-state index in [1.165, 1.54) is 46.2 Å². The van der Waals surface area contributed by atoms with Crippen molar-refractivity contribution >= 4 is 35.6 Å². The molecular weight excluding hydrogens is 825 g/mol. The van der Waals surface area contributed by atoms with E-state index < -0.39 is 61.0 Å². The molecule has 0 bridgehead atoms. The smallest absolute Gasteiger partial charge is 0.338 e. The van der Waals surface area contributed by atoms with Crippen molar-refractivity contribution in [3.63, 3.8) is 0 Å². The molecule has 0 saturated carbocycles. The van der Waals surface area contributed by atoms with Crippen molar-refractivity contribution in [2.75, 3.05) is 26.4 Å². The maximum Gasteiger partial charge on any atom is 0.338 e. The van der Waals surface area contributed by atoms with Crippen molar-refractivity contribution in [2.45, 2.75) is 128 Å². The fourth-order valence-corrected chi connectivity index (χ4v) is 10.0. The average Bonchev–Trinajstić information content (AvgIpc) is 3.61. The normalized spacial score (nSPS) is 21.0. The lowest BCUT2D eigenvalue weighted by molar-refractivity contribution is 0.00921. The van der Waals surface area contributed by atoms with Crippen LogP contribution in [-0.4, -0.2) is 128 Å². The third-order valence-corrected chi connectivity index (χ3v) is 11.9. The molecule has 2 fully saturated rings. The molecule has 0 spiro atoms. The van der Waals surface area contributed by atoms with Crippen LogP contribution in [0.3, 0.4) is 0 Å². The van der Waals surface area contributed by atoms with Gasteiger partial charge in [-0.2, -0.15) is 0 Å². The molecule has 4 heterocycles. The van der Waals surface area contributed by atoms with Crippen LogP contribution in [0.5, 0.6) is 11.5 Å². The van der Waals surface area contributed by atoms with Crippen LogP contribution in [0, 0.1) is 0 Å². The Labute approximate surface area is 372 Å². The maximum atomic E-state index is 13.5. The van der Waals surface area contributed by atoms with Crippen LogP contribution in [0.4, 0.5) is 0 Å². The number of nitrogens with zero attached hydrogens (tertiary/aromatic N) is 2. The SMILES string of the molecule is CC1(C)CC(N2C(=O)c3ccc(C(=O)OCC(O)COc4ccccc4OCC(O)COC(=O)c4ccc5c(c4)C(=O)N(C4CC(C)(C)NC(C)(C)C4)C5=O)cc3C2=O)CC(C)(C)N1. The molecule has 4 aliphatic rings. The van der Waals surface area contributed by atoms with E-state index in [9.17, 15) is 39.0 Å². The summed E-state index contributed by atoms with van der Waals surface area (Å²) in [4.78, 5) is 82.5. The number of aliphatic hydroxyl groups excluding tert-OH is 2. The number of amides is 4. The van der Waals surface area contributed by atoms with Gasteiger partial charge in [0.05, 0.1) is 33.4 Å². The molecule has 16 heteroatoms. The van der Waals surface area contributed by atoms with Crippen molar-refractivity contribution in [1.29, 1.82) is 0 Å². The highest BCUT2D eigenvalue weighted by atomic mass is 16.6. The summed E-state index contributed by atoms with van der Waals surface area (Å²) in [6, 6.07) is 14.3. The van der Waals surface area contributed by atoms with Crippen LogP contribution < -0.4 is 20.1 Å². The highest BCUT2D eigenvalue weighted by Crippen LogP contribution is 2.38. The Balaban J connectivity index is 0.867. The zero-order valence-electron chi connectivity index (χ0n) is 37.6. The molecule has 4 N–H and O–H groups in total. The molecule has 2 unspecified atom stereocenters. The quantitative estimate of drug-likeness (QED) is 0.128. The van der Waals surface area contributed by atoms with Gasteiger partial charge < -0.3 is 39.8 Å². The largest absolute Gasteiger partial charge is 0.487 e. The second-order valence-corrected chi connectivity index (χ2v) is 20.0. The van der Waals surface area contributed by atoms with E-state index in [1.807, 2.05) is 55.4 Å². The van der Waals surface area contributed by atoms with Crippen molar-refractivity contribution in [2.24, 2.45) is 0 Å². The highest BCUT2D eigenvalue weighted by molar-refractivity contribution is 6.23. The van der Waals surface area contributed by atoms with Gasteiger partial charge >= 0.3 is 11.9 Å². The maximum absolute atomic E-state index is 13.5. The van der Waals surface area contributed by atoms with E-state index in [2.05, 4.69) is 10.6 Å². The molecule has 4 amide bonds. The van der Waals surface area contributed by atoms with Crippen LogP contribution in [0.25, 0.3) is 0 Å². The molecule has 16 nitrogen and oxygen atoms in total. The van der Waals surface area contributed by atoms with Crippen molar-refractivity contribution < 1.29 is 57.9 Å². The topological polar surface area (TPSA) is 210 Å². The summed E-state index contributed by atoms with van der Waals surface area (Å²) in [5.41, 5.74) is -0.399. The van der Waals surface area contributed by atoms with E-state index in [1.54, 1.807) is 24.3 Å². The Kier molecular flexibility index (Phi) is 12.6. The van der Waals surface area contributed by atoms with Crippen LogP contribution in [0.1, 0.15) is 143 Å². The van der Waals surface area contributed by atoms with Gasteiger partial charge in [-0.3, -0.25) is 29.0 Å². The van der Waals surface area contributed by atoms with Gasteiger partial charge in [0, 0.05) is 34.2 Å². The molecule has 3 aromatic rings. The number of hydrogen-bond acceptors (Lipinski definition) is 14. The lowest BCUT2D eigenvalue weighted by atomic mass is 9.79. The average molecular weight is 883 g/mol. The zero-order chi connectivity index (χ0) is 46.5. The Morgan fingerprint density at radius 3 is 1.22 bits per heavy atom. The molecule has 4 aliphatic heterocycles. The molecule has 3 aromatic carbocycles. The number of rotatable bonds is 14. The molecule has 2 atom stereocenters. The Morgan fingerprint density at radius 2 is 0.875 bits per heavy atom. The predicted octanol–water partition coefficient (Wildman–Crippen LogP) is 4.69. The van der Waals surface area contributed by atoms with Gasteiger partial charge in [-0.05, 0) is 130 Å². The minimum Gasteiger partial charge on any atom is -0.487 e. The zero-order valence-corrected chi connectivity index (χ0v) is 37.6. The van der Waals surface area contributed by atoms with E-state index in [-0.39, 0.29) is 92.3 Å². The van der Waals surface area contributed by atoms with Gasteiger partial charge in [0.2, 0.25) is 0 Å². The lowest BCUT2D eigenvalue weighted by Gasteiger charge is -2.48. The number of ether oxygens (including phenoxy) is 4. The third kappa shape index (κ3) is 9.99. The van der Waals surface area contributed by atoms with Gasteiger partial charge in [-0.1, -0.05) is 12.1 Å². The van der Waals surface area contributed by atoms with E-state index in [0.29, 0.717) is 25.7 Å². The summed E-state index contributed by atoms with van der Waals surface area (Å²) < 4.78 is 22.2. The van der Waals surface area contributed by atoms with Gasteiger partial charge in [-0.15, -0.1) is 0 Å². The summed E-state index contributed by atoms with van der Waals surface area (Å²) in [6.45, 7) is 14.8. The molecule has 7 rings (SSSR count). The van der Waals surface area contributed by atoms with E-state index in [0.717, 1.165) is 0 Å². The summed E-state index contributed by atoms with van der Waals surface area (Å²) in [5, 5.41) is 28.4. The number of carbonyl (C=O) groups is 6. The second-order valence-electron chi connectivity index (χ2n) is 20.0. The number of carbonyl (C=O) groups excluding carboxylic acids is 6. The van der Waals surface area contributed by atoms with Gasteiger partial charge in [-0.25, -0.2) is 9.59 Å². The number of benzene rings is 3. The first-order valence-electron chi connectivity index (χ1n) is 21.6. The number of fused-ring (bicyclic) bond motifs is 2. The standard InChI is InChI=1S/C48H58N4O12/c1-45(2)19-29(20-46(3,4)49-45)51-39(55)33-15-13-27(17-35(33)41(51)57)43(59)63-25-31(53)23-61-37-11-9-10-12-38(37)62-24-32(54)26-64-44(60)28-14-16-34-36(18-28)42(58)52(40(34)56)30-21-47(5,6)50-48(7,8)22-30/h9-18,29-32,49-50,53-54H,19-26H2,1-8H3. The fourth-order valence-electron chi connectivity index (χ4n) is 10.0. The molecule has 0 aromatic heterocycles. The monoisotopic (exact) mass is 882 g/mol. The van der Waals surface area contributed by atoms with Gasteiger partial charge in [0.1, 0.15) is 38.6 Å². The predicted molar refractivity (Wildman–Crippen MR) is 233 cm³/mol. The second kappa shape index (κ2) is 17.4. The first-order chi connectivity index (χ1) is 29.9. The van der Waals surface area contributed by atoms with Crippen LogP contribution in [0.15, 0.2) is 60.7 Å². The number of para-hydroxylation sites is 2. The van der Waals surface area contributed by atoms with E-state index in [4.69, 9.17) is 18.9 Å². The number of nitrogens with one attached hydrogen (secondary N) is 2. The molecule has 2 saturated heterocycles. The van der Waals surface area contributed by atoms with Gasteiger partial charge in [0.25, 0.3) is 23.6 Å². The third-order valence-electron chi connectivity index (χ3n) is 11.9. The molecule has 0 radical (unpaired) electrons. The lowest BCUT2D eigenvalue weighted by Crippen LogP contribution is -2.62. The first kappa shape index (κ1) is 46.3. The number of piperidine rings is 2. The first-order valence-corrected chi connectivity index (χ1v) is 21.6. The Bertz CT molecular complexity index is 2180. The minimum absolute atomic E-state index is 0.0514. The van der Waals surface area contributed by atoms with Crippen molar-refractivity contribution in [3.8, 4) is 11.5 Å². The number of imide groups is 2. The van der Waals surface area contributed by atoms with E-state index >= 15 is 0 Å². The summed E-state index contributed by atoms with van der Waals surface area (Å²) in [6.07, 6.45) is -0.203. The summed E-state index contributed by atoms with van der Waals surface area (Å²) >= 11 is 0. The molecule has 342 valence electrons. The number of hydrogen-bond donors (Lipinski definition) is 4. The van der Waals surface area contributed by atoms with Crippen LogP contribution >= 0.6 is 0 Å².